The average Bonchev–Trinajstić information content (AvgIpc) is 2.25. The lowest BCUT2D eigenvalue weighted by atomic mass is 9.95. The van der Waals surface area contributed by atoms with Gasteiger partial charge in [-0.05, 0) is 33.6 Å². The van der Waals surface area contributed by atoms with Gasteiger partial charge < -0.3 is 9.64 Å². The number of piperidine rings is 1. The fourth-order valence-electron chi connectivity index (χ4n) is 2.01. The SMILES string of the molecule is COC1(C)CCCN(C(=NC(C)C)NN)C1. The number of likely N-dealkylation sites (tertiary alicyclic amines) is 1. The Labute approximate surface area is 98.0 Å². The van der Waals surface area contributed by atoms with Gasteiger partial charge in [-0.3, -0.25) is 5.43 Å². The number of nitrogens with one attached hydrogen (secondary N) is 1. The first kappa shape index (κ1) is 13.3. The molecule has 3 N–H and O–H groups in total. The zero-order chi connectivity index (χ0) is 12.2. The van der Waals surface area contributed by atoms with Gasteiger partial charge in [0.2, 0.25) is 5.96 Å². The Morgan fingerprint density at radius 1 is 1.56 bits per heavy atom. The molecule has 1 aliphatic rings. The first-order valence-electron chi connectivity index (χ1n) is 5.85. The van der Waals surface area contributed by atoms with Gasteiger partial charge in [0, 0.05) is 26.2 Å². The number of nitrogens with two attached hydrogens (primary N) is 1. The fourth-order valence-corrected chi connectivity index (χ4v) is 2.01. The van der Waals surface area contributed by atoms with Gasteiger partial charge in [-0.2, -0.15) is 0 Å². The van der Waals surface area contributed by atoms with Crippen LogP contribution in [0.5, 0.6) is 0 Å². The summed E-state index contributed by atoms with van der Waals surface area (Å²) in [6, 6.07) is 0.238. The molecule has 1 saturated heterocycles. The number of ether oxygens (including phenoxy) is 1. The molecule has 5 heteroatoms. The van der Waals surface area contributed by atoms with E-state index in [2.05, 4.69) is 22.2 Å². The van der Waals surface area contributed by atoms with E-state index in [0.29, 0.717) is 0 Å². The monoisotopic (exact) mass is 228 g/mol. The molecule has 1 unspecified atom stereocenters. The number of guanidine groups is 1. The number of methoxy groups -OCH3 is 1. The van der Waals surface area contributed by atoms with Crippen LogP contribution in [-0.2, 0) is 4.74 Å². The van der Waals surface area contributed by atoms with E-state index in [4.69, 9.17) is 10.6 Å². The van der Waals surface area contributed by atoms with Gasteiger partial charge >= 0.3 is 0 Å². The van der Waals surface area contributed by atoms with Gasteiger partial charge in [0.1, 0.15) is 0 Å². The van der Waals surface area contributed by atoms with Crippen LogP contribution in [-0.4, -0.2) is 42.7 Å². The lowest BCUT2D eigenvalue weighted by Crippen LogP contribution is -2.54. The molecule has 5 nitrogen and oxygen atoms in total. The molecule has 0 aliphatic carbocycles. The van der Waals surface area contributed by atoms with Crippen LogP contribution in [0.25, 0.3) is 0 Å². The molecule has 0 aromatic carbocycles. The van der Waals surface area contributed by atoms with Crippen LogP contribution in [0.3, 0.4) is 0 Å². The second-order valence-corrected chi connectivity index (χ2v) is 4.87. The number of hydrazine groups is 1. The molecular weight excluding hydrogens is 204 g/mol. The van der Waals surface area contributed by atoms with E-state index in [9.17, 15) is 0 Å². The fraction of sp³-hybridized carbons (Fsp3) is 0.909. The highest BCUT2D eigenvalue weighted by atomic mass is 16.5. The van der Waals surface area contributed by atoms with Gasteiger partial charge in [-0.1, -0.05) is 0 Å². The molecule has 0 amide bonds. The van der Waals surface area contributed by atoms with E-state index in [1.54, 1.807) is 7.11 Å². The molecule has 16 heavy (non-hydrogen) atoms. The van der Waals surface area contributed by atoms with E-state index in [1.807, 2.05) is 13.8 Å². The van der Waals surface area contributed by atoms with Gasteiger partial charge in [0.25, 0.3) is 0 Å². The minimum atomic E-state index is -0.0904. The van der Waals surface area contributed by atoms with Gasteiger partial charge in [0.05, 0.1) is 5.60 Å². The Morgan fingerprint density at radius 2 is 2.25 bits per heavy atom. The Kier molecular flexibility index (Phi) is 4.56. The Balaban J connectivity index is 2.72. The molecule has 0 radical (unpaired) electrons. The zero-order valence-corrected chi connectivity index (χ0v) is 10.8. The van der Waals surface area contributed by atoms with Crippen molar-refractivity contribution in [3.8, 4) is 0 Å². The number of nitrogens with zero attached hydrogens (tertiary/aromatic N) is 2. The maximum Gasteiger partial charge on any atom is 0.208 e. The summed E-state index contributed by atoms with van der Waals surface area (Å²) in [6.45, 7) is 8.02. The standard InChI is InChI=1S/C11H24N4O/c1-9(2)13-10(14-12)15-7-5-6-11(3,8-15)16-4/h9H,5-8,12H2,1-4H3,(H,13,14). The third-order valence-electron chi connectivity index (χ3n) is 2.96. The molecule has 1 aliphatic heterocycles. The van der Waals surface area contributed by atoms with E-state index >= 15 is 0 Å². The molecule has 1 atom stereocenters. The highest BCUT2D eigenvalue weighted by molar-refractivity contribution is 5.79. The van der Waals surface area contributed by atoms with E-state index in [0.717, 1.165) is 31.9 Å². The Morgan fingerprint density at radius 3 is 2.75 bits per heavy atom. The second-order valence-electron chi connectivity index (χ2n) is 4.87. The van der Waals surface area contributed by atoms with Crippen molar-refractivity contribution in [2.75, 3.05) is 20.2 Å². The van der Waals surface area contributed by atoms with E-state index in [-0.39, 0.29) is 11.6 Å². The van der Waals surface area contributed by atoms with Crippen molar-refractivity contribution in [3.63, 3.8) is 0 Å². The minimum Gasteiger partial charge on any atom is -0.377 e. The molecule has 1 heterocycles. The van der Waals surface area contributed by atoms with Crippen LogP contribution in [0, 0.1) is 0 Å². The molecule has 0 spiro atoms. The first-order chi connectivity index (χ1) is 7.50. The lowest BCUT2D eigenvalue weighted by molar-refractivity contribution is -0.0356. The van der Waals surface area contributed by atoms with Crippen molar-refractivity contribution in [1.29, 1.82) is 0 Å². The van der Waals surface area contributed by atoms with Crippen LogP contribution in [0.1, 0.15) is 33.6 Å². The topological polar surface area (TPSA) is 62.9 Å². The predicted molar refractivity (Wildman–Crippen MR) is 66.1 cm³/mol. The Hall–Kier alpha value is -0.810. The smallest absolute Gasteiger partial charge is 0.208 e. The molecule has 0 bridgehead atoms. The highest BCUT2D eigenvalue weighted by Gasteiger charge is 2.32. The van der Waals surface area contributed by atoms with Crippen molar-refractivity contribution < 1.29 is 4.74 Å². The van der Waals surface area contributed by atoms with Crippen LogP contribution in [0.15, 0.2) is 4.99 Å². The quantitative estimate of drug-likeness (QED) is 0.316. The molecule has 94 valence electrons. The number of hydrogen-bond donors (Lipinski definition) is 2. The molecule has 0 aromatic rings. The van der Waals surface area contributed by atoms with Crippen LogP contribution < -0.4 is 11.3 Å². The van der Waals surface area contributed by atoms with E-state index in [1.165, 1.54) is 0 Å². The summed E-state index contributed by atoms with van der Waals surface area (Å²) < 4.78 is 5.54. The molecule has 1 rings (SSSR count). The summed E-state index contributed by atoms with van der Waals surface area (Å²) >= 11 is 0. The van der Waals surface area contributed by atoms with Crippen LogP contribution in [0.4, 0.5) is 0 Å². The summed E-state index contributed by atoms with van der Waals surface area (Å²) in [4.78, 5) is 6.63. The van der Waals surface area contributed by atoms with Crippen LogP contribution >= 0.6 is 0 Å². The maximum absolute atomic E-state index is 5.54. The third-order valence-corrected chi connectivity index (χ3v) is 2.96. The predicted octanol–water partition coefficient (Wildman–Crippen LogP) is 0.715. The highest BCUT2D eigenvalue weighted by Crippen LogP contribution is 2.23. The van der Waals surface area contributed by atoms with Crippen molar-refractivity contribution in [3.05, 3.63) is 0 Å². The van der Waals surface area contributed by atoms with Crippen molar-refractivity contribution in [2.45, 2.75) is 45.3 Å². The summed E-state index contributed by atoms with van der Waals surface area (Å²) in [6.07, 6.45) is 2.18. The zero-order valence-electron chi connectivity index (χ0n) is 10.8. The molecule has 1 fully saturated rings. The number of hydrogen-bond acceptors (Lipinski definition) is 3. The van der Waals surface area contributed by atoms with Gasteiger partial charge in [-0.25, -0.2) is 10.8 Å². The van der Waals surface area contributed by atoms with Gasteiger partial charge in [0.15, 0.2) is 0 Å². The number of aliphatic imine (C=N–C) groups is 1. The van der Waals surface area contributed by atoms with Crippen molar-refractivity contribution in [2.24, 2.45) is 10.8 Å². The molecular formula is C11H24N4O. The van der Waals surface area contributed by atoms with Crippen molar-refractivity contribution >= 4 is 5.96 Å². The van der Waals surface area contributed by atoms with Gasteiger partial charge in [-0.15, -0.1) is 0 Å². The summed E-state index contributed by atoms with van der Waals surface area (Å²) in [5.74, 6) is 6.28. The number of rotatable bonds is 2. The average molecular weight is 228 g/mol. The second kappa shape index (κ2) is 5.50. The largest absolute Gasteiger partial charge is 0.377 e. The lowest BCUT2D eigenvalue weighted by Gasteiger charge is -2.40. The summed E-state index contributed by atoms with van der Waals surface area (Å²) in [5, 5.41) is 0. The summed E-state index contributed by atoms with van der Waals surface area (Å²) in [5.41, 5.74) is 2.59. The minimum absolute atomic E-state index is 0.0904. The maximum atomic E-state index is 5.54. The molecule has 0 saturated carbocycles. The third kappa shape index (κ3) is 3.35. The molecule has 0 aromatic heterocycles. The van der Waals surface area contributed by atoms with Crippen LogP contribution in [0.2, 0.25) is 0 Å². The van der Waals surface area contributed by atoms with E-state index < -0.39 is 0 Å². The normalized spacial score (nSPS) is 27.4. The summed E-state index contributed by atoms with van der Waals surface area (Å²) in [7, 11) is 1.76. The first-order valence-corrected chi connectivity index (χ1v) is 5.85. The Bertz CT molecular complexity index is 254. The van der Waals surface area contributed by atoms with Crippen molar-refractivity contribution in [1.82, 2.24) is 10.3 Å².